The van der Waals surface area contributed by atoms with Crippen LogP contribution in [0, 0.1) is 12.7 Å². The Bertz CT molecular complexity index is 981. The molecule has 0 bridgehead atoms. The van der Waals surface area contributed by atoms with Crippen molar-refractivity contribution >= 4 is 23.4 Å². The van der Waals surface area contributed by atoms with Gasteiger partial charge in [0.05, 0.1) is 18.0 Å². The normalized spacial score (nSPS) is 18.5. The first-order chi connectivity index (χ1) is 13.3. The average molecular weight is 383 g/mol. The summed E-state index contributed by atoms with van der Waals surface area (Å²) in [6.45, 7) is 1.62. The molecule has 1 aliphatic heterocycles. The highest BCUT2D eigenvalue weighted by Gasteiger charge is 2.46. The fourth-order valence-electron chi connectivity index (χ4n) is 3.22. The number of amides is 1. The van der Waals surface area contributed by atoms with E-state index >= 15 is 0 Å². The molecule has 2 N–H and O–H groups in total. The van der Waals surface area contributed by atoms with E-state index in [0.29, 0.717) is 5.56 Å². The molecule has 0 unspecified atom stereocenters. The Balaban J connectivity index is 2.16. The van der Waals surface area contributed by atoms with Gasteiger partial charge >= 0.3 is 5.97 Å². The molecular weight excluding hydrogens is 365 g/mol. The summed E-state index contributed by atoms with van der Waals surface area (Å²) >= 11 is 0. The molecule has 0 saturated carbocycles. The van der Waals surface area contributed by atoms with E-state index in [-0.39, 0.29) is 29.9 Å². The Morgan fingerprint density at radius 2 is 1.79 bits per heavy atom. The Hall–Kier alpha value is -3.48. The zero-order valence-corrected chi connectivity index (χ0v) is 15.1. The molecule has 1 saturated heterocycles. The predicted molar refractivity (Wildman–Crippen MR) is 98.8 cm³/mol. The second-order valence-corrected chi connectivity index (χ2v) is 6.56. The highest BCUT2D eigenvalue weighted by Crippen LogP contribution is 2.39. The number of rotatable bonds is 5. The third kappa shape index (κ3) is 3.64. The maximum atomic E-state index is 13.8. The summed E-state index contributed by atoms with van der Waals surface area (Å²) in [6, 6.07) is 11.0. The van der Waals surface area contributed by atoms with Gasteiger partial charge in [-0.25, -0.2) is 4.39 Å². The van der Waals surface area contributed by atoms with Crippen LogP contribution in [0.5, 0.6) is 0 Å². The smallest absolute Gasteiger partial charge is 0.305 e. The summed E-state index contributed by atoms with van der Waals surface area (Å²) in [5.74, 6) is -3.96. The summed E-state index contributed by atoms with van der Waals surface area (Å²) in [6.07, 6.45) is -0.386. The van der Waals surface area contributed by atoms with Crippen LogP contribution in [0.25, 0.3) is 5.76 Å². The Kier molecular flexibility index (Phi) is 5.26. The Morgan fingerprint density at radius 3 is 2.39 bits per heavy atom. The number of hydrogen-bond donors (Lipinski definition) is 2. The van der Waals surface area contributed by atoms with E-state index in [0.717, 1.165) is 16.5 Å². The highest BCUT2D eigenvalue weighted by molar-refractivity contribution is 6.46. The number of carbonyl (C=O) groups excluding carboxylic acids is 2. The molecule has 3 rings (SSSR count). The molecular formula is C21H18FNO5. The van der Waals surface area contributed by atoms with Crippen LogP contribution < -0.4 is 0 Å². The van der Waals surface area contributed by atoms with Crippen LogP contribution in [-0.4, -0.2) is 39.3 Å². The fraction of sp³-hybridized carbons (Fsp3) is 0.190. The summed E-state index contributed by atoms with van der Waals surface area (Å²) in [4.78, 5) is 37.2. The number of nitrogens with zero attached hydrogens (tertiary/aromatic N) is 1. The summed E-state index contributed by atoms with van der Waals surface area (Å²) in [5, 5.41) is 19.7. The highest BCUT2D eigenvalue weighted by atomic mass is 19.1. The molecule has 6 nitrogen and oxygen atoms in total. The van der Waals surface area contributed by atoms with E-state index < -0.39 is 29.5 Å². The van der Waals surface area contributed by atoms with Gasteiger partial charge in [-0.2, -0.15) is 0 Å². The van der Waals surface area contributed by atoms with E-state index in [1.165, 1.54) is 18.2 Å². The number of aliphatic carboxylic acids is 1. The zero-order chi connectivity index (χ0) is 20.4. The molecule has 1 aliphatic rings. The standard InChI is InChI=1S/C21H18FNO5/c1-12-5-7-13(8-6-12)19(26)17-18(14-3-2-4-15(22)11-14)23(10-9-16(24)25)21(28)20(17)27/h2-8,11,18,26H,9-10H2,1H3,(H,24,25)/t18-/m1/s1. The van der Waals surface area contributed by atoms with Gasteiger partial charge in [0.1, 0.15) is 11.6 Å². The van der Waals surface area contributed by atoms with E-state index in [1.54, 1.807) is 24.3 Å². The van der Waals surface area contributed by atoms with Crippen molar-refractivity contribution < 1.29 is 29.0 Å². The van der Waals surface area contributed by atoms with E-state index in [1.807, 2.05) is 6.92 Å². The second-order valence-electron chi connectivity index (χ2n) is 6.56. The Labute approximate surface area is 160 Å². The number of ketones is 1. The van der Waals surface area contributed by atoms with Gasteiger partial charge in [-0.05, 0) is 24.6 Å². The quantitative estimate of drug-likeness (QED) is 0.470. The maximum absolute atomic E-state index is 13.8. The summed E-state index contributed by atoms with van der Waals surface area (Å²) in [7, 11) is 0. The fourth-order valence-corrected chi connectivity index (χ4v) is 3.22. The van der Waals surface area contributed by atoms with Crippen LogP contribution in [0.3, 0.4) is 0 Å². The van der Waals surface area contributed by atoms with Crippen LogP contribution in [0.4, 0.5) is 4.39 Å². The molecule has 0 radical (unpaired) electrons. The number of carbonyl (C=O) groups is 3. The minimum atomic E-state index is -1.14. The number of aryl methyl sites for hydroxylation is 1. The number of likely N-dealkylation sites (tertiary alicyclic amines) is 1. The largest absolute Gasteiger partial charge is 0.507 e. The van der Waals surface area contributed by atoms with Crippen molar-refractivity contribution in [3.05, 3.63) is 76.6 Å². The van der Waals surface area contributed by atoms with Crippen LogP contribution in [-0.2, 0) is 14.4 Å². The SMILES string of the molecule is Cc1ccc(C(O)=C2C(=O)C(=O)N(CCC(=O)O)[C@@H]2c2cccc(F)c2)cc1. The molecule has 7 heteroatoms. The lowest BCUT2D eigenvalue weighted by molar-refractivity contribution is -0.142. The van der Waals surface area contributed by atoms with Crippen molar-refractivity contribution in [2.24, 2.45) is 0 Å². The molecule has 2 aromatic rings. The molecule has 1 heterocycles. The maximum Gasteiger partial charge on any atom is 0.305 e. The average Bonchev–Trinajstić information content (AvgIpc) is 2.91. The number of hydrogen-bond acceptors (Lipinski definition) is 4. The molecule has 1 fully saturated rings. The van der Waals surface area contributed by atoms with E-state index in [9.17, 15) is 23.9 Å². The molecule has 28 heavy (non-hydrogen) atoms. The van der Waals surface area contributed by atoms with Gasteiger partial charge in [0.2, 0.25) is 0 Å². The first kappa shape index (κ1) is 19.3. The van der Waals surface area contributed by atoms with Crippen molar-refractivity contribution in [1.29, 1.82) is 0 Å². The van der Waals surface area contributed by atoms with Crippen LogP contribution in [0.1, 0.15) is 29.2 Å². The zero-order valence-electron chi connectivity index (χ0n) is 15.1. The van der Waals surface area contributed by atoms with Crippen molar-refractivity contribution in [2.75, 3.05) is 6.54 Å². The van der Waals surface area contributed by atoms with Gasteiger partial charge in [-0.15, -0.1) is 0 Å². The molecule has 0 spiro atoms. The minimum Gasteiger partial charge on any atom is -0.507 e. The van der Waals surface area contributed by atoms with Gasteiger partial charge in [0, 0.05) is 12.1 Å². The molecule has 1 atom stereocenters. The van der Waals surface area contributed by atoms with Gasteiger partial charge in [-0.3, -0.25) is 14.4 Å². The van der Waals surface area contributed by atoms with E-state index in [4.69, 9.17) is 5.11 Å². The third-order valence-electron chi connectivity index (χ3n) is 4.60. The number of Topliss-reactive ketones (excluding diaryl/α,β-unsaturated/α-hetero) is 1. The van der Waals surface area contributed by atoms with Gasteiger partial charge in [0.25, 0.3) is 11.7 Å². The molecule has 0 aromatic heterocycles. The molecule has 0 aliphatic carbocycles. The van der Waals surface area contributed by atoms with Crippen molar-refractivity contribution in [3.63, 3.8) is 0 Å². The minimum absolute atomic E-state index is 0.190. The number of halogens is 1. The Morgan fingerprint density at radius 1 is 1.11 bits per heavy atom. The first-order valence-electron chi connectivity index (χ1n) is 8.62. The number of aliphatic hydroxyl groups is 1. The van der Waals surface area contributed by atoms with Crippen molar-refractivity contribution in [2.45, 2.75) is 19.4 Å². The number of benzene rings is 2. The lowest BCUT2D eigenvalue weighted by atomic mass is 9.95. The number of aliphatic hydroxyl groups excluding tert-OH is 1. The van der Waals surface area contributed by atoms with E-state index in [2.05, 4.69) is 0 Å². The van der Waals surface area contributed by atoms with Crippen LogP contribution >= 0.6 is 0 Å². The van der Waals surface area contributed by atoms with Crippen molar-refractivity contribution in [3.8, 4) is 0 Å². The molecule has 144 valence electrons. The monoisotopic (exact) mass is 383 g/mol. The van der Waals surface area contributed by atoms with Crippen molar-refractivity contribution in [1.82, 2.24) is 4.90 Å². The number of carboxylic acids is 1. The first-order valence-corrected chi connectivity index (χ1v) is 8.62. The van der Waals surface area contributed by atoms with Gasteiger partial charge in [0.15, 0.2) is 0 Å². The number of carboxylic acid groups (broad SMARTS) is 1. The van der Waals surface area contributed by atoms with Gasteiger partial charge < -0.3 is 15.1 Å². The summed E-state index contributed by atoms with van der Waals surface area (Å²) < 4.78 is 13.8. The molecule has 2 aromatic carbocycles. The predicted octanol–water partition coefficient (Wildman–Crippen LogP) is 3.03. The summed E-state index contributed by atoms with van der Waals surface area (Å²) in [5.41, 5.74) is 1.37. The third-order valence-corrected chi connectivity index (χ3v) is 4.60. The molecule has 1 amide bonds. The van der Waals surface area contributed by atoms with Crippen LogP contribution in [0.15, 0.2) is 54.1 Å². The second kappa shape index (κ2) is 7.64. The lowest BCUT2D eigenvalue weighted by Gasteiger charge is -2.24. The lowest BCUT2D eigenvalue weighted by Crippen LogP contribution is -2.31. The van der Waals surface area contributed by atoms with Crippen LogP contribution in [0.2, 0.25) is 0 Å². The topological polar surface area (TPSA) is 94.9 Å². The van der Waals surface area contributed by atoms with Gasteiger partial charge in [-0.1, -0.05) is 42.0 Å².